The number of aliphatic hydroxyl groups excluding tert-OH is 1. The standard InChI is InChI=1S/C16H25NO3/c1-12(18)9-14-5-4-8-17(14)11-13-6-7-15(19-2)16(10-13)20-3/h6-7,10,12,14,18H,4-5,8-9,11H2,1-3H3. The number of hydrogen-bond acceptors (Lipinski definition) is 4. The predicted molar refractivity (Wildman–Crippen MR) is 79.3 cm³/mol. The van der Waals surface area contributed by atoms with E-state index in [-0.39, 0.29) is 6.10 Å². The van der Waals surface area contributed by atoms with Crippen molar-refractivity contribution in [3.63, 3.8) is 0 Å². The fourth-order valence-electron chi connectivity index (χ4n) is 2.98. The van der Waals surface area contributed by atoms with E-state index in [1.165, 1.54) is 18.4 Å². The topological polar surface area (TPSA) is 41.9 Å². The maximum Gasteiger partial charge on any atom is 0.161 e. The molecule has 0 amide bonds. The molecule has 1 aliphatic rings. The molecule has 1 fully saturated rings. The van der Waals surface area contributed by atoms with Crippen LogP contribution in [0.2, 0.25) is 0 Å². The Morgan fingerprint density at radius 2 is 2.05 bits per heavy atom. The minimum Gasteiger partial charge on any atom is -0.493 e. The quantitative estimate of drug-likeness (QED) is 0.868. The lowest BCUT2D eigenvalue weighted by Crippen LogP contribution is -2.31. The van der Waals surface area contributed by atoms with Gasteiger partial charge in [-0.2, -0.15) is 0 Å². The number of benzene rings is 1. The Bertz CT molecular complexity index is 434. The summed E-state index contributed by atoms with van der Waals surface area (Å²) in [5.74, 6) is 1.54. The summed E-state index contributed by atoms with van der Waals surface area (Å²) in [6.07, 6.45) is 3.02. The molecular formula is C16H25NO3. The van der Waals surface area contributed by atoms with Crippen LogP contribution in [0.3, 0.4) is 0 Å². The Labute approximate surface area is 121 Å². The van der Waals surface area contributed by atoms with Gasteiger partial charge in [0, 0.05) is 12.6 Å². The van der Waals surface area contributed by atoms with Crippen molar-refractivity contribution in [1.82, 2.24) is 4.90 Å². The normalized spacial score (nSPS) is 20.9. The van der Waals surface area contributed by atoms with Gasteiger partial charge >= 0.3 is 0 Å². The summed E-state index contributed by atoms with van der Waals surface area (Å²) >= 11 is 0. The third-order valence-corrected chi connectivity index (χ3v) is 3.95. The number of methoxy groups -OCH3 is 2. The van der Waals surface area contributed by atoms with E-state index in [2.05, 4.69) is 11.0 Å². The van der Waals surface area contributed by atoms with E-state index < -0.39 is 0 Å². The maximum atomic E-state index is 9.58. The molecule has 0 aromatic heterocycles. The molecule has 2 atom stereocenters. The lowest BCUT2D eigenvalue weighted by atomic mass is 10.1. The molecule has 0 saturated carbocycles. The van der Waals surface area contributed by atoms with Crippen molar-refractivity contribution in [2.24, 2.45) is 0 Å². The molecule has 0 spiro atoms. The molecule has 1 aromatic rings. The number of rotatable bonds is 6. The van der Waals surface area contributed by atoms with Gasteiger partial charge in [0.05, 0.1) is 20.3 Å². The van der Waals surface area contributed by atoms with Crippen LogP contribution in [-0.2, 0) is 6.54 Å². The molecule has 1 aliphatic heterocycles. The highest BCUT2D eigenvalue weighted by Crippen LogP contribution is 2.30. The third kappa shape index (κ3) is 3.64. The second-order valence-electron chi connectivity index (χ2n) is 5.54. The lowest BCUT2D eigenvalue weighted by Gasteiger charge is -2.25. The average molecular weight is 279 g/mol. The second kappa shape index (κ2) is 6.95. The molecule has 1 saturated heterocycles. The molecule has 4 nitrogen and oxygen atoms in total. The number of aliphatic hydroxyl groups is 1. The molecule has 1 N–H and O–H groups in total. The fourth-order valence-corrected chi connectivity index (χ4v) is 2.98. The van der Waals surface area contributed by atoms with Gasteiger partial charge in [0.25, 0.3) is 0 Å². The minimum atomic E-state index is -0.231. The first kappa shape index (κ1) is 15.1. The zero-order valence-electron chi connectivity index (χ0n) is 12.6. The van der Waals surface area contributed by atoms with Crippen molar-refractivity contribution < 1.29 is 14.6 Å². The monoisotopic (exact) mass is 279 g/mol. The van der Waals surface area contributed by atoms with Gasteiger partial charge in [-0.05, 0) is 50.4 Å². The van der Waals surface area contributed by atoms with Crippen molar-refractivity contribution in [1.29, 1.82) is 0 Å². The van der Waals surface area contributed by atoms with Crippen LogP contribution in [0, 0.1) is 0 Å². The first-order chi connectivity index (χ1) is 9.63. The van der Waals surface area contributed by atoms with Gasteiger partial charge < -0.3 is 14.6 Å². The largest absolute Gasteiger partial charge is 0.493 e. The van der Waals surface area contributed by atoms with Crippen LogP contribution < -0.4 is 9.47 Å². The number of nitrogens with zero attached hydrogens (tertiary/aromatic N) is 1. The molecule has 112 valence electrons. The summed E-state index contributed by atoms with van der Waals surface area (Å²) in [6, 6.07) is 6.56. The minimum absolute atomic E-state index is 0.231. The summed E-state index contributed by atoms with van der Waals surface area (Å²) in [4.78, 5) is 2.45. The summed E-state index contributed by atoms with van der Waals surface area (Å²) in [6.45, 7) is 3.87. The van der Waals surface area contributed by atoms with Gasteiger partial charge in [-0.1, -0.05) is 6.07 Å². The van der Waals surface area contributed by atoms with Crippen molar-refractivity contribution in [2.45, 2.75) is 44.9 Å². The molecule has 1 heterocycles. The Kier molecular flexibility index (Phi) is 5.26. The number of hydrogen-bond donors (Lipinski definition) is 1. The zero-order valence-corrected chi connectivity index (χ0v) is 12.6. The molecule has 20 heavy (non-hydrogen) atoms. The van der Waals surface area contributed by atoms with Crippen LogP contribution in [-0.4, -0.2) is 42.9 Å². The van der Waals surface area contributed by atoms with E-state index in [1.807, 2.05) is 19.1 Å². The molecule has 0 radical (unpaired) electrons. The summed E-state index contributed by atoms with van der Waals surface area (Å²) in [5.41, 5.74) is 1.22. The molecule has 4 heteroatoms. The molecule has 2 unspecified atom stereocenters. The highest BCUT2D eigenvalue weighted by atomic mass is 16.5. The van der Waals surface area contributed by atoms with Crippen LogP contribution in [0.4, 0.5) is 0 Å². The van der Waals surface area contributed by atoms with Crippen LogP contribution in [0.25, 0.3) is 0 Å². The van der Waals surface area contributed by atoms with Gasteiger partial charge in [0.2, 0.25) is 0 Å². The second-order valence-corrected chi connectivity index (χ2v) is 5.54. The van der Waals surface area contributed by atoms with Gasteiger partial charge in [0.1, 0.15) is 0 Å². The Balaban J connectivity index is 2.05. The molecule has 1 aromatic carbocycles. The van der Waals surface area contributed by atoms with Crippen LogP contribution in [0.1, 0.15) is 31.7 Å². The van der Waals surface area contributed by atoms with E-state index >= 15 is 0 Å². The average Bonchev–Trinajstić information content (AvgIpc) is 2.85. The number of likely N-dealkylation sites (tertiary alicyclic amines) is 1. The van der Waals surface area contributed by atoms with Crippen molar-refractivity contribution in [3.05, 3.63) is 23.8 Å². The summed E-state index contributed by atoms with van der Waals surface area (Å²) in [7, 11) is 3.31. The Morgan fingerprint density at radius 1 is 1.30 bits per heavy atom. The smallest absolute Gasteiger partial charge is 0.161 e. The predicted octanol–water partition coefficient (Wildman–Crippen LogP) is 2.44. The molecule has 0 bridgehead atoms. The Hall–Kier alpha value is -1.26. The van der Waals surface area contributed by atoms with Crippen molar-refractivity contribution >= 4 is 0 Å². The highest BCUT2D eigenvalue weighted by Gasteiger charge is 2.25. The molecule has 0 aliphatic carbocycles. The molecular weight excluding hydrogens is 254 g/mol. The first-order valence-corrected chi connectivity index (χ1v) is 7.27. The maximum absolute atomic E-state index is 9.58. The van der Waals surface area contributed by atoms with Gasteiger partial charge in [-0.25, -0.2) is 0 Å². The van der Waals surface area contributed by atoms with Crippen LogP contribution in [0.15, 0.2) is 18.2 Å². The molecule has 2 rings (SSSR count). The number of ether oxygens (including phenoxy) is 2. The third-order valence-electron chi connectivity index (χ3n) is 3.95. The van der Waals surface area contributed by atoms with E-state index in [0.29, 0.717) is 6.04 Å². The van der Waals surface area contributed by atoms with E-state index in [1.54, 1.807) is 14.2 Å². The fraction of sp³-hybridized carbons (Fsp3) is 0.625. The van der Waals surface area contributed by atoms with E-state index in [0.717, 1.165) is 31.0 Å². The highest BCUT2D eigenvalue weighted by molar-refractivity contribution is 5.42. The van der Waals surface area contributed by atoms with Crippen LogP contribution in [0.5, 0.6) is 11.5 Å². The zero-order chi connectivity index (χ0) is 14.5. The van der Waals surface area contributed by atoms with E-state index in [4.69, 9.17) is 9.47 Å². The SMILES string of the molecule is COc1ccc(CN2CCCC2CC(C)O)cc1OC. The van der Waals surface area contributed by atoms with Gasteiger partial charge in [0.15, 0.2) is 11.5 Å². The van der Waals surface area contributed by atoms with Crippen molar-refractivity contribution in [2.75, 3.05) is 20.8 Å². The summed E-state index contributed by atoms with van der Waals surface area (Å²) in [5, 5.41) is 9.58. The van der Waals surface area contributed by atoms with Gasteiger partial charge in [-0.15, -0.1) is 0 Å². The van der Waals surface area contributed by atoms with Crippen molar-refractivity contribution in [3.8, 4) is 11.5 Å². The first-order valence-electron chi connectivity index (χ1n) is 7.27. The van der Waals surface area contributed by atoms with Gasteiger partial charge in [-0.3, -0.25) is 4.90 Å². The lowest BCUT2D eigenvalue weighted by molar-refractivity contribution is 0.130. The van der Waals surface area contributed by atoms with Crippen LogP contribution >= 0.6 is 0 Å². The summed E-state index contributed by atoms with van der Waals surface area (Å²) < 4.78 is 10.6. The van der Waals surface area contributed by atoms with E-state index in [9.17, 15) is 5.11 Å². The Morgan fingerprint density at radius 3 is 2.70 bits per heavy atom.